The number of β-amino-alcohol motifs (C(OH)–C–C–N with tert-alkyl or cyclic N) is 1. The highest BCUT2D eigenvalue weighted by Gasteiger charge is 2.25. The standard InChI is InChI=1S/C20H23N3O4.ClH/c1-27-15-8-6-13(7-9-15)19(25)23-17-5-3-2-4-16(17)20(26)22-11-14-10-21-12-18(14)24;/h2-9,14,18,21,24H,10-12H2,1H3,(H,22,26)(H,23,25);1H. The second kappa shape index (κ2) is 10.1. The number of methoxy groups -OCH3 is 1. The molecule has 0 aromatic heterocycles. The summed E-state index contributed by atoms with van der Waals surface area (Å²) >= 11 is 0. The molecule has 2 atom stereocenters. The zero-order valence-corrected chi connectivity index (χ0v) is 16.3. The van der Waals surface area contributed by atoms with Crippen LogP contribution in [-0.4, -0.2) is 49.8 Å². The molecule has 150 valence electrons. The molecular weight excluding hydrogens is 382 g/mol. The second-order valence-electron chi connectivity index (χ2n) is 6.42. The zero-order chi connectivity index (χ0) is 19.2. The Hall–Kier alpha value is -2.61. The third-order valence-corrected chi connectivity index (χ3v) is 4.60. The van der Waals surface area contributed by atoms with Gasteiger partial charge in [0.15, 0.2) is 0 Å². The lowest BCUT2D eigenvalue weighted by Crippen LogP contribution is -2.34. The van der Waals surface area contributed by atoms with Crippen molar-refractivity contribution in [1.82, 2.24) is 10.6 Å². The number of halogens is 1. The predicted molar refractivity (Wildman–Crippen MR) is 109 cm³/mol. The van der Waals surface area contributed by atoms with Crippen LogP contribution >= 0.6 is 12.4 Å². The van der Waals surface area contributed by atoms with E-state index < -0.39 is 6.10 Å². The molecule has 0 saturated carbocycles. The molecule has 1 heterocycles. The van der Waals surface area contributed by atoms with Gasteiger partial charge in [-0.1, -0.05) is 12.1 Å². The van der Waals surface area contributed by atoms with Crippen LogP contribution < -0.4 is 20.7 Å². The first-order valence-electron chi connectivity index (χ1n) is 8.80. The average molecular weight is 406 g/mol. The maximum atomic E-state index is 12.5. The van der Waals surface area contributed by atoms with Crippen molar-refractivity contribution in [3.63, 3.8) is 0 Å². The molecule has 4 N–H and O–H groups in total. The summed E-state index contributed by atoms with van der Waals surface area (Å²) in [7, 11) is 1.56. The van der Waals surface area contributed by atoms with E-state index in [9.17, 15) is 14.7 Å². The van der Waals surface area contributed by atoms with Gasteiger partial charge >= 0.3 is 0 Å². The minimum atomic E-state index is -0.463. The summed E-state index contributed by atoms with van der Waals surface area (Å²) < 4.78 is 5.09. The molecule has 7 nitrogen and oxygen atoms in total. The van der Waals surface area contributed by atoms with Gasteiger partial charge in [-0.2, -0.15) is 0 Å². The third-order valence-electron chi connectivity index (χ3n) is 4.60. The van der Waals surface area contributed by atoms with Crippen LogP contribution in [0.4, 0.5) is 5.69 Å². The number of amides is 2. The predicted octanol–water partition coefficient (Wildman–Crippen LogP) is 1.68. The fourth-order valence-corrected chi connectivity index (χ4v) is 2.97. The highest BCUT2D eigenvalue weighted by atomic mass is 35.5. The number of hydrogen-bond donors (Lipinski definition) is 4. The van der Waals surface area contributed by atoms with Crippen molar-refractivity contribution in [2.45, 2.75) is 6.10 Å². The molecule has 2 unspecified atom stereocenters. The summed E-state index contributed by atoms with van der Waals surface area (Å²) in [5, 5.41) is 18.5. The molecule has 1 aliphatic rings. The Balaban J connectivity index is 0.00000280. The highest BCUT2D eigenvalue weighted by molar-refractivity contribution is 6.09. The van der Waals surface area contributed by atoms with Crippen LogP contribution in [0.2, 0.25) is 0 Å². The molecule has 0 spiro atoms. The summed E-state index contributed by atoms with van der Waals surface area (Å²) in [4.78, 5) is 25.0. The molecule has 0 radical (unpaired) electrons. The number of aliphatic hydroxyl groups is 1. The lowest BCUT2D eigenvalue weighted by atomic mass is 10.1. The van der Waals surface area contributed by atoms with Gasteiger partial charge in [0.05, 0.1) is 24.5 Å². The van der Waals surface area contributed by atoms with Gasteiger partial charge in [-0.05, 0) is 36.4 Å². The van der Waals surface area contributed by atoms with Gasteiger partial charge in [-0.15, -0.1) is 12.4 Å². The fraction of sp³-hybridized carbons (Fsp3) is 0.300. The molecule has 0 aliphatic carbocycles. The molecule has 1 fully saturated rings. The van der Waals surface area contributed by atoms with Crippen LogP contribution in [0, 0.1) is 5.92 Å². The Bertz CT molecular complexity index is 813. The van der Waals surface area contributed by atoms with Gasteiger partial charge in [0.25, 0.3) is 11.8 Å². The number of benzene rings is 2. The number of anilines is 1. The lowest BCUT2D eigenvalue weighted by Gasteiger charge is -2.15. The number of hydrogen-bond acceptors (Lipinski definition) is 5. The SMILES string of the molecule is COc1ccc(C(=O)Nc2ccccc2C(=O)NCC2CNCC2O)cc1.Cl. The van der Waals surface area contributed by atoms with Gasteiger partial charge in [0.2, 0.25) is 0 Å². The van der Waals surface area contributed by atoms with Crippen LogP contribution in [-0.2, 0) is 0 Å². The molecule has 3 rings (SSSR count). The summed E-state index contributed by atoms with van der Waals surface area (Å²) in [5.74, 6) is 0.0398. The van der Waals surface area contributed by atoms with Gasteiger partial charge in [-0.25, -0.2) is 0 Å². The molecule has 2 amide bonds. The van der Waals surface area contributed by atoms with Gasteiger partial charge < -0.3 is 25.8 Å². The van der Waals surface area contributed by atoms with Crippen molar-refractivity contribution in [3.05, 3.63) is 59.7 Å². The second-order valence-corrected chi connectivity index (χ2v) is 6.42. The van der Waals surface area contributed by atoms with Crippen LogP contribution in [0.15, 0.2) is 48.5 Å². The zero-order valence-electron chi connectivity index (χ0n) is 15.5. The lowest BCUT2D eigenvalue weighted by molar-refractivity contribution is 0.0928. The molecule has 28 heavy (non-hydrogen) atoms. The van der Waals surface area contributed by atoms with Crippen LogP contribution in [0.3, 0.4) is 0 Å². The van der Waals surface area contributed by atoms with Crippen molar-refractivity contribution in [2.75, 3.05) is 32.1 Å². The number of carbonyl (C=O) groups is 2. The van der Waals surface area contributed by atoms with Crippen molar-refractivity contribution in [2.24, 2.45) is 5.92 Å². The Morgan fingerprint density at radius 3 is 2.46 bits per heavy atom. The molecule has 0 bridgehead atoms. The Morgan fingerprint density at radius 1 is 1.11 bits per heavy atom. The highest BCUT2D eigenvalue weighted by Crippen LogP contribution is 2.18. The molecular formula is C20H24ClN3O4. The van der Waals surface area contributed by atoms with E-state index in [1.54, 1.807) is 55.6 Å². The van der Waals surface area contributed by atoms with Crippen molar-refractivity contribution in [1.29, 1.82) is 0 Å². The van der Waals surface area contributed by atoms with E-state index >= 15 is 0 Å². The molecule has 2 aromatic rings. The van der Waals surface area contributed by atoms with Crippen LogP contribution in [0.25, 0.3) is 0 Å². The maximum absolute atomic E-state index is 12.5. The summed E-state index contributed by atoms with van der Waals surface area (Å²) in [6.45, 7) is 1.57. The first-order valence-corrected chi connectivity index (χ1v) is 8.80. The van der Waals surface area contributed by atoms with Crippen molar-refractivity contribution < 1.29 is 19.4 Å². The normalized spacial score (nSPS) is 18.1. The Kier molecular flexibility index (Phi) is 7.80. The number of ether oxygens (including phenoxy) is 1. The number of carbonyl (C=O) groups excluding carboxylic acids is 2. The van der Waals surface area contributed by atoms with E-state index in [-0.39, 0.29) is 30.1 Å². The average Bonchev–Trinajstić information content (AvgIpc) is 3.11. The van der Waals surface area contributed by atoms with E-state index in [4.69, 9.17) is 4.74 Å². The van der Waals surface area contributed by atoms with Gasteiger partial charge in [0.1, 0.15) is 5.75 Å². The fourth-order valence-electron chi connectivity index (χ4n) is 2.97. The molecule has 2 aromatic carbocycles. The van der Waals surface area contributed by atoms with Crippen LogP contribution in [0.1, 0.15) is 20.7 Å². The first kappa shape index (κ1) is 21.7. The molecule has 8 heteroatoms. The third kappa shape index (κ3) is 5.22. The van der Waals surface area contributed by atoms with Gasteiger partial charge in [-0.3, -0.25) is 9.59 Å². The monoisotopic (exact) mass is 405 g/mol. The van der Waals surface area contributed by atoms with E-state index in [2.05, 4.69) is 16.0 Å². The number of rotatable bonds is 6. The van der Waals surface area contributed by atoms with E-state index in [0.29, 0.717) is 42.2 Å². The van der Waals surface area contributed by atoms with Crippen molar-refractivity contribution >= 4 is 29.9 Å². The van der Waals surface area contributed by atoms with Crippen LogP contribution in [0.5, 0.6) is 5.75 Å². The smallest absolute Gasteiger partial charge is 0.255 e. The summed E-state index contributed by atoms with van der Waals surface area (Å²) in [5.41, 5.74) is 1.27. The number of para-hydroxylation sites is 1. The number of nitrogens with one attached hydrogen (secondary N) is 3. The summed E-state index contributed by atoms with van der Waals surface area (Å²) in [6.07, 6.45) is -0.463. The van der Waals surface area contributed by atoms with E-state index in [1.165, 1.54) is 0 Å². The maximum Gasteiger partial charge on any atom is 0.255 e. The van der Waals surface area contributed by atoms with E-state index in [0.717, 1.165) is 0 Å². The van der Waals surface area contributed by atoms with Gasteiger partial charge in [0, 0.05) is 31.1 Å². The Morgan fingerprint density at radius 2 is 1.82 bits per heavy atom. The minimum absolute atomic E-state index is 0. The topological polar surface area (TPSA) is 99.7 Å². The van der Waals surface area contributed by atoms with Crippen molar-refractivity contribution in [3.8, 4) is 5.75 Å². The largest absolute Gasteiger partial charge is 0.497 e. The first-order chi connectivity index (χ1) is 13.1. The number of aliphatic hydroxyl groups excluding tert-OH is 1. The molecule has 1 aliphatic heterocycles. The summed E-state index contributed by atoms with van der Waals surface area (Å²) in [6, 6.07) is 13.6. The minimum Gasteiger partial charge on any atom is -0.497 e. The Labute approximate surface area is 169 Å². The van der Waals surface area contributed by atoms with E-state index in [1.807, 2.05) is 0 Å². The quantitative estimate of drug-likeness (QED) is 0.586. The molecule has 1 saturated heterocycles.